The average Bonchev–Trinajstić information content (AvgIpc) is 2.17. The fourth-order valence-corrected chi connectivity index (χ4v) is 4.38. The summed E-state index contributed by atoms with van der Waals surface area (Å²) in [5, 5.41) is 8.80. The zero-order valence-electron chi connectivity index (χ0n) is 9.07. The molecular weight excluding hydrogens is 210 g/mol. The van der Waals surface area contributed by atoms with Gasteiger partial charge in [0.05, 0.1) is 6.54 Å². The molecule has 0 aromatic rings. The van der Waals surface area contributed by atoms with Crippen LogP contribution in [0.2, 0.25) is 0 Å². The fourth-order valence-electron chi connectivity index (χ4n) is 2.75. The molecule has 1 aliphatic carbocycles. The molecule has 86 valence electrons. The van der Waals surface area contributed by atoms with E-state index in [1.807, 2.05) is 0 Å². The average molecular weight is 229 g/mol. The molecule has 0 unspecified atom stereocenters. The summed E-state index contributed by atoms with van der Waals surface area (Å²) < 4.78 is 0.395. The number of carboxylic acid groups (broad SMARTS) is 1. The number of thioether (sulfide) groups is 1. The smallest absolute Gasteiger partial charge is 0.317 e. The summed E-state index contributed by atoms with van der Waals surface area (Å²) in [6, 6.07) is 0. The third kappa shape index (κ3) is 2.88. The van der Waals surface area contributed by atoms with Gasteiger partial charge < -0.3 is 5.11 Å². The van der Waals surface area contributed by atoms with Gasteiger partial charge in [0.25, 0.3) is 0 Å². The van der Waals surface area contributed by atoms with Crippen LogP contribution in [-0.4, -0.2) is 46.1 Å². The van der Waals surface area contributed by atoms with Crippen molar-refractivity contribution in [2.45, 2.75) is 36.9 Å². The summed E-state index contributed by atoms with van der Waals surface area (Å²) in [6.07, 6.45) is 6.59. The first-order chi connectivity index (χ1) is 7.20. The number of aliphatic carboxylic acids is 1. The summed E-state index contributed by atoms with van der Waals surface area (Å²) in [5.74, 6) is 0.417. The van der Waals surface area contributed by atoms with Crippen molar-refractivity contribution in [3.63, 3.8) is 0 Å². The molecule has 2 fully saturated rings. The lowest BCUT2D eigenvalue weighted by Gasteiger charge is -2.44. The van der Waals surface area contributed by atoms with E-state index in [1.54, 1.807) is 0 Å². The number of rotatable bonds is 2. The number of nitrogens with zero attached hydrogens (tertiary/aromatic N) is 1. The van der Waals surface area contributed by atoms with Gasteiger partial charge in [-0.25, -0.2) is 0 Å². The molecule has 0 radical (unpaired) electrons. The lowest BCUT2D eigenvalue weighted by Crippen LogP contribution is -2.49. The van der Waals surface area contributed by atoms with Crippen molar-refractivity contribution in [2.75, 3.05) is 25.4 Å². The molecule has 1 spiro atoms. The molecule has 1 N–H and O–H groups in total. The van der Waals surface area contributed by atoms with Crippen LogP contribution >= 0.6 is 11.8 Å². The molecule has 0 amide bonds. The Kier molecular flexibility index (Phi) is 3.57. The maximum absolute atomic E-state index is 10.7. The van der Waals surface area contributed by atoms with Gasteiger partial charge in [-0.3, -0.25) is 9.69 Å². The highest BCUT2D eigenvalue weighted by atomic mass is 32.2. The van der Waals surface area contributed by atoms with Crippen molar-refractivity contribution >= 4 is 17.7 Å². The normalized spacial score (nSPS) is 26.7. The Labute approximate surface area is 95.2 Å². The van der Waals surface area contributed by atoms with Gasteiger partial charge in [-0.1, -0.05) is 19.3 Å². The van der Waals surface area contributed by atoms with E-state index in [2.05, 4.69) is 16.7 Å². The van der Waals surface area contributed by atoms with Gasteiger partial charge in [-0.05, 0) is 12.8 Å². The Morgan fingerprint density at radius 1 is 1.33 bits per heavy atom. The minimum absolute atomic E-state index is 0.225. The van der Waals surface area contributed by atoms with Crippen molar-refractivity contribution in [1.82, 2.24) is 4.90 Å². The second-order valence-electron chi connectivity index (χ2n) is 4.70. The fraction of sp³-hybridized carbons (Fsp3) is 0.909. The minimum Gasteiger partial charge on any atom is -0.480 e. The summed E-state index contributed by atoms with van der Waals surface area (Å²) >= 11 is 2.08. The first-order valence-electron chi connectivity index (χ1n) is 5.78. The largest absolute Gasteiger partial charge is 0.480 e. The van der Waals surface area contributed by atoms with E-state index in [4.69, 9.17) is 5.11 Å². The SMILES string of the molecule is O=C(O)CN1CCSC2(CCCCC2)C1. The van der Waals surface area contributed by atoms with Crippen molar-refractivity contribution in [3.05, 3.63) is 0 Å². The predicted octanol–water partition coefficient (Wildman–Crippen LogP) is 1.82. The van der Waals surface area contributed by atoms with Crippen LogP contribution in [0.1, 0.15) is 32.1 Å². The highest BCUT2D eigenvalue weighted by Gasteiger charge is 2.37. The van der Waals surface area contributed by atoms with E-state index >= 15 is 0 Å². The van der Waals surface area contributed by atoms with Crippen LogP contribution in [0.4, 0.5) is 0 Å². The maximum atomic E-state index is 10.7. The van der Waals surface area contributed by atoms with Crippen molar-refractivity contribution < 1.29 is 9.90 Å². The third-order valence-corrected chi connectivity index (χ3v) is 4.99. The summed E-state index contributed by atoms with van der Waals surface area (Å²) in [6.45, 7) is 2.16. The Bertz CT molecular complexity index is 233. The first-order valence-corrected chi connectivity index (χ1v) is 6.77. The van der Waals surface area contributed by atoms with Crippen LogP contribution in [0.25, 0.3) is 0 Å². The molecule has 0 aromatic heterocycles. The van der Waals surface area contributed by atoms with E-state index in [9.17, 15) is 4.79 Å². The van der Waals surface area contributed by atoms with Crippen molar-refractivity contribution in [3.8, 4) is 0 Å². The third-order valence-electron chi connectivity index (χ3n) is 3.45. The predicted molar refractivity (Wildman–Crippen MR) is 62.3 cm³/mol. The Morgan fingerprint density at radius 2 is 2.07 bits per heavy atom. The molecule has 2 rings (SSSR count). The van der Waals surface area contributed by atoms with Crippen LogP contribution in [0.15, 0.2) is 0 Å². The summed E-state index contributed by atoms with van der Waals surface area (Å²) in [5.41, 5.74) is 0. The van der Waals surface area contributed by atoms with Gasteiger partial charge in [-0.2, -0.15) is 11.8 Å². The van der Waals surface area contributed by atoms with Gasteiger partial charge >= 0.3 is 5.97 Å². The molecule has 1 aliphatic heterocycles. The maximum Gasteiger partial charge on any atom is 0.317 e. The quantitative estimate of drug-likeness (QED) is 0.784. The number of carbonyl (C=O) groups is 1. The Balaban J connectivity index is 1.93. The molecule has 15 heavy (non-hydrogen) atoms. The van der Waals surface area contributed by atoms with Crippen LogP contribution in [0.5, 0.6) is 0 Å². The van der Waals surface area contributed by atoms with Crippen molar-refractivity contribution in [2.24, 2.45) is 0 Å². The standard InChI is InChI=1S/C11H19NO2S/c13-10(14)8-12-6-7-15-11(9-12)4-2-1-3-5-11/h1-9H2,(H,13,14). The Morgan fingerprint density at radius 3 is 2.73 bits per heavy atom. The lowest BCUT2D eigenvalue weighted by molar-refractivity contribution is -0.138. The van der Waals surface area contributed by atoms with Crippen LogP contribution in [-0.2, 0) is 4.79 Å². The van der Waals surface area contributed by atoms with Gasteiger partial charge in [0.2, 0.25) is 0 Å². The lowest BCUT2D eigenvalue weighted by atomic mass is 9.87. The molecule has 0 aromatic carbocycles. The van der Waals surface area contributed by atoms with Crippen LogP contribution in [0, 0.1) is 0 Å². The van der Waals surface area contributed by atoms with Gasteiger partial charge in [0.1, 0.15) is 0 Å². The Hall–Kier alpha value is -0.220. The van der Waals surface area contributed by atoms with Crippen LogP contribution in [0.3, 0.4) is 0 Å². The second kappa shape index (κ2) is 4.74. The van der Waals surface area contributed by atoms with Gasteiger partial charge in [0.15, 0.2) is 0 Å². The second-order valence-corrected chi connectivity index (χ2v) is 6.26. The summed E-state index contributed by atoms with van der Waals surface area (Å²) in [4.78, 5) is 12.8. The number of carboxylic acids is 1. The van der Waals surface area contributed by atoms with E-state index in [0.717, 1.165) is 18.8 Å². The molecule has 3 nitrogen and oxygen atoms in total. The molecule has 0 bridgehead atoms. The minimum atomic E-state index is -0.687. The molecule has 4 heteroatoms. The highest BCUT2D eigenvalue weighted by Crippen LogP contribution is 2.42. The van der Waals surface area contributed by atoms with E-state index in [0.29, 0.717) is 4.75 Å². The monoisotopic (exact) mass is 229 g/mol. The molecular formula is C11H19NO2S. The van der Waals surface area contributed by atoms with Gasteiger partial charge in [-0.15, -0.1) is 0 Å². The first kappa shape index (κ1) is 11.3. The van der Waals surface area contributed by atoms with E-state index < -0.39 is 5.97 Å². The molecule has 1 saturated heterocycles. The molecule has 0 atom stereocenters. The highest BCUT2D eigenvalue weighted by molar-refractivity contribution is 8.00. The summed E-state index contributed by atoms with van der Waals surface area (Å²) in [7, 11) is 0. The number of hydrogen-bond donors (Lipinski definition) is 1. The molecule has 2 aliphatic rings. The molecule has 1 heterocycles. The van der Waals surface area contributed by atoms with E-state index in [1.165, 1.54) is 32.1 Å². The number of hydrogen-bond acceptors (Lipinski definition) is 3. The zero-order chi connectivity index (χ0) is 10.7. The van der Waals surface area contributed by atoms with E-state index in [-0.39, 0.29) is 6.54 Å². The van der Waals surface area contributed by atoms with Crippen LogP contribution < -0.4 is 0 Å². The zero-order valence-corrected chi connectivity index (χ0v) is 9.89. The van der Waals surface area contributed by atoms with Gasteiger partial charge in [0, 0.05) is 23.6 Å². The topological polar surface area (TPSA) is 40.5 Å². The molecule has 1 saturated carbocycles. The van der Waals surface area contributed by atoms with Crippen molar-refractivity contribution in [1.29, 1.82) is 0 Å².